The van der Waals surface area contributed by atoms with Crippen LogP contribution in [-0.2, 0) is 11.3 Å². The SMILES string of the molecule is CC(CC(F)(F)F)NCC(O)COCc1cccs1. The van der Waals surface area contributed by atoms with E-state index in [1.165, 1.54) is 6.92 Å². The summed E-state index contributed by atoms with van der Waals surface area (Å²) in [7, 11) is 0. The minimum atomic E-state index is -4.19. The van der Waals surface area contributed by atoms with Gasteiger partial charge in [0.1, 0.15) is 0 Å². The van der Waals surface area contributed by atoms with Crippen LogP contribution in [-0.4, -0.2) is 36.6 Å². The van der Waals surface area contributed by atoms with E-state index in [1.54, 1.807) is 11.3 Å². The monoisotopic (exact) mass is 297 g/mol. The molecule has 0 aromatic carbocycles. The van der Waals surface area contributed by atoms with Crippen molar-refractivity contribution >= 4 is 11.3 Å². The summed E-state index contributed by atoms with van der Waals surface area (Å²) in [6.45, 7) is 2.03. The topological polar surface area (TPSA) is 41.5 Å². The molecule has 0 saturated carbocycles. The molecule has 0 spiro atoms. The van der Waals surface area contributed by atoms with E-state index in [1.807, 2.05) is 17.5 Å². The van der Waals surface area contributed by atoms with Gasteiger partial charge in [-0.3, -0.25) is 0 Å². The standard InChI is InChI=1S/C12H18F3NO2S/c1-9(5-12(13,14)15)16-6-10(17)7-18-8-11-3-2-4-19-11/h2-4,9-10,16-17H,5-8H2,1H3. The molecule has 1 rings (SSSR count). The van der Waals surface area contributed by atoms with Gasteiger partial charge in [-0.05, 0) is 18.4 Å². The lowest BCUT2D eigenvalue weighted by Gasteiger charge is -2.18. The predicted octanol–water partition coefficient (Wildman–Crippen LogP) is 2.56. The zero-order chi connectivity index (χ0) is 14.3. The van der Waals surface area contributed by atoms with E-state index < -0.39 is 24.7 Å². The van der Waals surface area contributed by atoms with Crippen LogP contribution in [0.1, 0.15) is 18.2 Å². The summed E-state index contributed by atoms with van der Waals surface area (Å²) >= 11 is 1.55. The lowest BCUT2D eigenvalue weighted by molar-refractivity contribution is -0.139. The normalized spacial score (nSPS) is 15.4. The van der Waals surface area contributed by atoms with Gasteiger partial charge in [-0.2, -0.15) is 13.2 Å². The van der Waals surface area contributed by atoms with Crippen molar-refractivity contribution < 1.29 is 23.0 Å². The average Bonchev–Trinajstić information content (AvgIpc) is 2.77. The molecule has 2 unspecified atom stereocenters. The number of hydrogen-bond acceptors (Lipinski definition) is 4. The first-order valence-electron chi connectivity index (χ1n) is 5.95. The molecule has 1 aromatic heterocycles. The molecule has 7 heteroatoms. The number of ether oxygens (including phenoxy) is 1. The Labute approximate surface area is 114 Å². The van der Waals surface area contributed by atoms with Crippen molar-refractivity contribution in [2.45, 2.75) is 38.3 Å². The maximum absolute atomic E-state index is 12.1. The number of rotatable bonds is 8. The summed E-state index contributed by atoms with van der Waals surface area (Å²) in [6.07, 6.45) is -5.90. The predicted molar refractivity (Wildman–Crippen MR) is 68.1 cm³/mol. The first-order chi connectivity index (χ1) is 8.87. The fraction of sp³-hybridized carbons (Fsp3) is 0.667. The van der Waals surface area contributed by atoms with Crippen LogP contribution in [0.3, 0.4) is 0 Å². The minimum absolute atomic E-state index is 0.0850. The summed E-state index contributed by atoms with van der Waals surface area (Å²) < 4.78 is 41.5. The highest BCUT2D eigenvalue weighted by Gasteiger charge is 2.29. The van der Waals surface area contributed by atoms with E-state index >= 15 is 0 Å². The summed E-state index contributed by atoms with van der Waals surface area (Å²) in [5.41, 5.74) is 0. The quantitative estimate of drug-likeness (QED) is 0.775. The molecule has 2 atom stereocenters. The molecule has 0 bridgehead atoms. The van der Waals surface area contributed by atoms with Gasteiger partial charge in [0.2, 0.25) is 0 Å². The van der Waals surface area contributed by atoms with Crippen molar-refractivity contribution in [3.05, 3.63) is 22.4 Å². The second-order valence-electron chi connectivity index (χ2n) is 4.38. The molecule has 0 amide bonds. The number of aliphatic hydroxyl groups excluding tert-OH is 1. The molecule has 2 N–H and O–H groups in total. The molecule has 0 aliphatic heterocycles. The van der Waals surface area contributed by atoms with Crippen LogP contribution in [0.25, 0.3) is 0 Å². The third kappa shape index (κ3) is 8.20. The molecular formula is C12H18F3NO2S. The molecule has 0 saturated heterocycles. The van der Waals surface area contributed by atoms with Crippen molar-refractivity contribution in [2.24, 2.45) is 0 Å². The van der Waals surface area contributed by atoms with Gasteiger partial charge in [-0.25, -0.2) is 0 Å². The Hall–Kier alpha value is -0.630. The van der Waals surface area contributed by atoms with Gasteiger partial charge in [-0.15, -0.1) is 11.3 Å². The highest BCUT2D eigenvalue weighted by molar-refractivity contribution is 7.09. The van der Waals surface area contributed by atoms with Gasteiger partial charge in [0.25, 0.3) is 0 Å². The highest BCUT2D eigenvalue weighted by Crippen LogP contribution is 2.21. The van der Waals surface area contributed by atoms with Crippen LogP contribution < -0.4 is 5.32 Å². The zero-order valence-electron chi connectivity index (χ0n) is 10.6. The second-order valence-corrected chi connectivity index (χ2v) is 5.41. The number of alkyl halides is 3. The smallest absolute Gasteiger partial charge is 0.389 e. The minimum Gasteiger partial charge on any atom is -0.389 e. The van der Waals surface area contributed by atoms with Crippen molar-refractivity contribution in [3.8, 4) is 0 Å². The Kier molecular flexibility index (Phi) is 6.78. The number of aliphatic hydroxyl groups is 1. The van der Waals surface area contributed by atoms with Gasteiger partial charge in [0.15, 0.2) is 0 Å². The van der Waals surface area contributed by atoms with Crippen LogP contribution in [0.4, 0.5) is 13.2 Å². The fourth-order valence-corrected chi connectivity index (χ4v) is 2.15. The largest absolute Gasteiger partial charge is 0.390 e. The molecule has 0 aliphatic carbocycles. The first-order valence-corrected chi connectivity index (χ1v) is 6.83. The van der Waals surface area contributed by atoms with E-state index in [2.05, 4.69) is 5.32 Å². The lowest BCUT2D eigenvalue weighted by Crippen LogP contribution is -2.38. The number of thiophene rings is 1. The van der Waals surface area contributed by atoms with Gasteiger partial charge in [0.05, 0.1) is 25.7 Å². The Morgan fingerprint density at radius 2 is 2.21 bits per heavy atom. The molecule has 0 fully saturated rings. The van der Waals surface area contributed by atoms with E-state index in [-0.39, 0.29) is 13.2 Å². The zero-order valence-corrected chi connectivity index (χ0v) is 11.4. The fourth-order valence-electron chi connectivity index (χ4n) is 1.51. The Balaban J connectivity index is 2.09. The summed E-state index contributed by atoms with van der Waals surface area (Å²) in [6, 6.07) is 3.10. The molecule has 0 aliphatic rings. The summed E-state index contributed by atoms with van der Waals surface area (Å²) in [4.78, 5) is 1.05. The Bertz CT molecular complexity index is 343. The van der Waals surface area contributed by atoms with Crippen LogP contribution >= 0.6 is 11.3 Å². The van der Waals surface area contributed by atoms with Crippen LogP contribution in [0.2, 0.25) is 0 Å². The van der Waals surface area contributed by atoms with E-state index in [0.717, 1.165) is 4.88 Å². The summed E-state index contributed by atoms with van der Waals surface area (Å²) in [5, 5.41) is 14.1. The van der Waals surface area contributed by atoms with E-state index in [4.69, 9.17) is 4.74 Å². The molecule has 1 aromatic rings. The van der Waals surface area contributed by atoms with Crippen LogP contribution in [0, 0.1) is 0 Å². The number of halogens is 3. The van der Waals surface area contributed by atoms with Gasteiger partial charge in [-0.1, -0.05) is 6.07 Å². The molecule has 1 heterocycles. The van der Waals surface area contributed by atoms with E-state index in [9.17, 15) is 18.3 Å². The molecular weight excluding hydrogens is 279 g/mol. The molecule has 110 valence electrons. The van der Waals surface area contributed by atoms with E-state index in [0.29, 0.717) is 6.61 Å². The number of hydrogen-bond donors (Lipinski definition) is 2. The average molecular weight is 297 g/mol. The Morgan fingerprint density at radius 3 is 2.79 bits per heavy atom. The Morgan fingerprint density at radius 1 is 1.47 bits per heavy atom. The molecule has 3 nitrogen and oxygen atoms in total. The van der Waals surface area contributed by atoms with Crippen LogP contribution in [0.15, 0.2) is 17.5 Å². The van der Waals surface area contributed by atoms with Gasteiger partial charge < -0.3 is 15.2 Å². The molecule has 0 radical (unpaired) electrons. The van der Waals surface area contributed by atoms with Crippen molar-refractivity contribution in [1.29, 1.82) is 0 Å². The van der Waals surface area contributed by atoms with Crippen molar-refractivity contribution in [1.82, 2.24) is 5.32 Å². The lowest BCUT2D eigenvalue weighted by atomic mass is 10.2. The number of nitrogens with one attached hydrogen (secondary N) is 1. The second kappa shape index (κ2) is 7.84. The maximum Gasteiger partial charge on any atom is 0.390 e. The van der Waals surface area contributed by atoms with Crippen molar-refractivity contribution in [3.63, 3.8) is 0 Å². The van der Waals surface area contributed by atoms with Crippen molar-refractivity contribution in [2.75, 3.05) is 13.2 Å². The third-order valence-electron chi connectivity index (χ3n) is 2.37. The van der Waals surface area contributed by atoms with Gasteiger partial charge in [0, 0.05) is 17.5 Å². The third-order valence-corrected chi connectivity index (χ3v) is 3.22. The van der Waals surface area contributed by atoms with Crippen LogP contribution in [0.5, 0.6) is 0 Å². The van der Waals surface area contributed by atoms with Gasteiger partial charge >= 0.3 is 6.18 Å². The molecule has 19 heavy (non-hydrogen) atoms. The maximum atomic E-state index is 12.1. The first kappa shape index (κ1) is 16.4. The summed E-state index contributed by atoms with van der Waals surface area (Å²) in [5.74, 6) is 0. The highest BCUT2D eigenvalue weighted by atomic mass is 32.1.